The molecule has 0 aliphatic carbocycles. The fourth-order valence-corrected chi connectivity index (χ4v) is 6.99. The van der Waals surface area contributed by atoms with E-state index in [0.717, 1.165) is 26.9 Å². The number of rotatable bonds is 7. The average Bonchev–Trinajstić information content (AvgIpc) is 3.50. The zero-order chi connectivity index (χ0) is 30.2. The summed E-state index contributed by atoms with van der Waals surface area (Å²) in [7, 11) is 0. The monoisotopic (exact) mass is 605 g/mol. The standard InChI is InChI=1S/C34H31N5O2S2/c1-21-8-7-10-31(23(21)3)37-22(2)20-29(24(37)4)33-32(30-9-5-6-19-35-30)36-34(42)38(33)25-11-15-27(16-12-25)43-28-17-13-26(14-18-28)39(40)41/h5-20,32-33H,1-4H3,(H,36,42). The number of nitrogens with one attached hydrogen (secondary N) is 1. The maximum Gasteiger partial charge on any atom is 0.269 e. The van der Waals surface area contributed by atoms with Crippen LogP contribution in [0.25, 0.3) is 5.69 Å². The first kappa shape index (κ1) is 28.6. The highest BCUT2D eigenvalue weighted by Crippen LogP contribution is 2.44. The number of hydrogen-bond acceptors (Lipinski definition) is 5. The second-order valence-electron chi connectivity index (χ2n) is 10.7. The summed E-state index contributed by atoms with van der Waals surface area (Å²) >= 11 is 7.54. The van der Waals surface area contributed by atoms with Crippen molar-refractivity contribution in [1.82, 2.24) is 14.9 Å². The van der Waals surface area contributed by atoms with Crippen LogP contribution >= 0.6 is 24.0 Å². The molecule has 0 saturated carbocycles. The largest absolute Gasteiger partial charge is 0.351 e. The van der Waals surface area contributed by atoms with Crippen LogP contribution in [-0.4, -0.2) is 19.6 Å². The Balaban J connectivity index is 1.39. The maximum atomic E-state index is 11.0. The van der Waals surface area contributed by atoms with E-state index in [0.29, 0.717) is 5.11 Å². The zero-order valence-corrected chi connectivity index (χ0v) is 25.9. The van der Waals surface area contributed by atoms with Gasteiger partial charge in [0.15, 0.2) is 5.11 Å². The number of aryl methyl sites for hydroxylation is 2. The van der Waals surface area contributed by atoms with Crippen molar-refractivity contribution in [3.8, 4) is 5.69 Å². The fraction of sp³-hybridized carbons (Fsp3) is 0.176. The van der Waals surface area contributed by atoms with Gasteiger partial charge < -0.3 is 14.8 Å². The zero-order valence-electron chi connectivity index (χ0n) is 24.3. The van der Waals surface area contributed by atoms with Crippen molar-refractivity contribution in [1.29, 1.82) is 0 Å². The van der Waals surface area contributed by atoms with E-state index < -0.39 is 0 Å². The number of nitro benzene ring substituents is 1. The van der Waals surface area contributed by atoms with Crippen LogP contribution in [-0.2, 0) is 0 Å². The van der Waals surface area contributed by atoms with Gasteiger partial charge in [-0.15, -0.1) is 0 Å². The smallest absolute Gasteiger partial charge is 0.269 e. The van der Waals surface area contributed by atoms with Crippen molar-refractivity contribution < 1.29 is 4.92 Å². The van der Waals surface area contributed by atoms with E-state index in [1.165, 1.54) is 40.2 Å². The number of pyridine rings is 1. The maximum absolute atomic E-state index is 11.0. The molecule has 0 radical (unpaired) electrons. The molecule has 216 valence electrons. The van der Waals surface area contributed by atoms with Crippen molar-refractivity contribution in [3.05, 3.63) is 141 Å². The second-order valence-corrected chi connectivity index (χ2v) is 12.3. The quantitative estimate of drug-likeness (QED) is 0.114. The van der Waals surface area contributed by atoms with E-state index >= 15 is 0 Å². The Kier molecular flexibility index (Phi) is 7.77. The molecule has 0 bridgehead atoms. The number of thiocarbonyl (C=S) groups is 1. The Morgan fingerprint density at radius 3 is 2.26 bits per heavy atom. The summed E-state index contributed by atoms with van der Waals surface area (Å²) in [4.78, 5) is 19.5. The topological polar surface area (TPSA) is 76.2 Å². The van der Waals surface area contributed by atoms with Crippen molar-refractivity contribution in [3.63, 3.8) is 0 Å². The SMILES string of the molecule is Cc1cccc(-n2c(C)cc(C3C(c4ccccn4)NC(=S)N3c3ccc(Sc4ccc([N+](=O)[O-])cc4)cc3)c2C)c1C. The van der Waals surface area contributed by atoms with Crippen molar-refractivity contribution >= 4 is 40.5 Å². The molecule has 2 unspecified atom stereocenters. The third kappa shape index (κ3) is 5.42. The van der Waals surface area contributed by atoms with E-state index in [1.54, 1.807) is 23.9 Å². The minimum atomic E-state index is -0.385. The molecule has 6 rings (SSSR count). The molecule has 2 aromatic heterocycles. The number of non-ortho nitro benzene ring substituents is 1. The molecular weight excluding hydrogens is 575 g/mol. The summed E-state index contributed by atoms with van der Waals surface area (Å²) in [5.41, 5.74) is 9.21. The van der Waals surface area contributed by atoms with Gasteiger partial charge in [0.05, 0.1) is 22.7 Å². The third-order valence-electron chi connectivity index (χ3n) is 8.10. The number of aromatic nitrogens is 2. The summed E-state index contributed by atoms with van der Waals surface area (Å²) < 4.78 is 2.34. The predicted octanol–water partition coefficient (Wildman–Crippen LogP) is 8.34. The number of benzene rings is 3. The van der Waals surface area contributed by atoms with Gasteiger partial charge in [-0.2, -0.15) is 0 Å². The minimum absolute atomic E-state index is 0.0835. The molecule has 3 aromatic carbocycles. The summed E-state index contributed by atoms with van der Waals surface area (Å²) in [6.07, 6.45) is 1.82. The molecule has 1 aliphatic rings. The van der Waals surface area contributed by atoms with Crippen molar-refractivity contribution in [2.24, 2.45) is 0 Å². The average molecular weight is 606 g/mol. The molecule has 9 heteroatoms. The van der Waals surface area contributed by atoms with Gasteiger partial charge in [0.2, 0.25) is 0 Å². The van der Waals surface area contributed by atoms with Gasteiger partial charge in [-0.25, -0.2) is 0 Å². The first-order valence-electron chi connectivity index (χ1n) is 14.0. The van der Waals surface area contributed by atoms with Crippen LogP contribution in [0.3, 0.4) is 0 Å². The lowest BCUT2D eigenvalue weighted by Crippen LogP contribution is -2.29. The number of nitrogens with zero attached hydrogens (tertiary/aromatic N) is 4. The summed E-state index contributed by atoms with van der Waals surface area (Å²) in [5, 5.41) is 15.2. The van der Waals surface area contributed by atoms with Crippen LogP contribution in [0.2, 0.25) is 0 Å². The van der Waals surface area contributed by atoms with Gasteiger partial charge in [0.25, 0.3) is 5.69 Å². The molecule has 0 amide bonds. The van der Waals surface area contributed by atoms with Gasteiger partial charge in [-0.05, 0) is 117 Å². The number of nitro groups is 1. The normalized spacial score (nSPS) is 16.4. The number of anilines is 1. The van der Waals surface area contributed by atoms with Crippen LogP contribution in [0.15, 0.2) is 107 Å². The molecular formula is C34H31N5O2S2. The Labute approximate surface area is 260 Å². The molecule has 1 fully saturated rings. The molecule has 2 atom stereocenters. The van der Waals surface area contributed by atoms with Crippen LogP contribution in [0.5, 0.6) is 0 Å². The summed E-state index contributed by atoms with van der Waals surface area (Å²) in [5.74, 6) is 0. The Morgan fingerprint density at radius 1 is 0.907 bits per heavy atom. The van der Waals surface area contributed by atoms with Crippen LogP contribution in [0.4, 0.5) is 11.4 Å². The fourth-order valence-electron chi connectivity index (χ4n) is 5.83. The molecule has 1 aliphatic heterocycles. The molecule has 7 nitrogen and oxygen atoms in total. The Bertz CT molecular complexity index is 1820. The van der Waals surface area contributed by atoms with Gasteiger partial charge in [0.1, 0.15) is 0 Å². The van der Waals surface area contributed by atoms with E-state index in [-0.39, 0.29) is 22.7 Å². The highest BCUT2D eigenvalue weighted by molar-refractivity contribution is 7.99. The second kappa shape index (κ2) is 11.7. The predicted molar refractivity (Wildman–Crippen MR) is 176 cm³/mol. The van der Waals surface area contributed by atoms with Gasteiger partial charge in [-0.3, -0.25) is 15.1 Å². The molecule has 1 N–H and O–H groups in total. The Hall–Kier alpha value is -4.47. The third-order valence-corrected chi connectivity index (χ3v) is 9.43. The lowest BCUT2D eigenvalue weighted by molar-refractivity contribution is -0.384. The minimum Gasteiger partial charge on any atom is -0.351 e. The van der Waals surface area contributed by atoms with Crippen molar-refractivity contribution in [2.45, 2.75) is 49.6 Å². The summed E-state index contributed by atoms with van der Waals surface area (Å²) in [6.45, 7) is 8.66. The highest BCUT2D eigenvalue weighted by Gasteiger charge is 2.42. The highest BCUT2D eigenvalue weighted by atomic mass is 32.2. The van der Waals surface area contributed by atoms with E-state index in [4.69, 9.17) is 17.2 Å². The van der Waals surface area contributed by atoms with E-state index in [1.807, 2.05) is 24.4 Å². The molecule has 43 heavy (non-hydrogen) atoms. The van der Waals surface area contributed by atoms with Crippen molar-refractivity contribution in [2.75, 3.05) is 4.90 Å². The molecule has 0 spiro atoms. The van der Waals surface area contributed by atoms with E-state index in [9.17, 15) is 10.1 Å². The van der Waals surface area contributed by atoms with Gasteiger partial charge in [0, 0.05) is 50.9 Å². The molecule has 3 heterocycles. The van der Waals surface area contributed by atoms with E-state index in [2.05, 4.69) is 91.0 Å². The van der Waals surface area contributed by atoms with Gasteiger partial charge >= 0.3 is 0 Å². The molecule has 5 aromatic rings. The Morgan fingerprint density at radius 2 is 1.60 bits per heavy atom. The van der Waals surface area contributed by atoms with Crippen LogP contribution in [0.1, 0.15) is 45.9 Å². The first-order valence-corrected chi connectivity index (χ1v) is 15.2. The molecule has 1 saturated heterocycles. The first-order chi connectivity index (χ1) is 20.7. The van der Waals surface area contributed by atoms with Crippen LogP contribution < -0.4 is 10.2 Å². The summed E-state index contributed by atoms with van der Waals surface area (Å²) in [6, 6.07) is 29.3. The lowest BCUT2D eigenvalue weighted by atomic mass is 9.96. The van der Waals surface area contributed by atoms with Gasteiger partial charge in [-0.1, -0.05) is 30.0 Å². The van der Waals surface area contributed by atoms with Crippen LogP contribution in [0, 0.1) is 37.8 Å². The number of hydrogen-bond donors (Lipinski definition) is 1. The lowest BCUT2D eigenvalue weighted by Gasteiger charge is -2.28.